The Labute approximate surface area is 136 Å². The molecule has 8 heteroatoms. The third kappa shape index (κ3) is 3.87. The van der Waals surface area contributed by atoms with Gasteiger partial charge in [0, 0.05) is 19.4 Å². The monoisotopic (exact) mass is 345 g/mol. The van der Waals surface area contributed by atoms with Crippen molar-refractivity contribution >= 4 is 11.9 Å². The lowest BCUT2D eigenvalue weighted by molar-refractivity contribution is -0.147. The zero-order chi connectivity index (χ0) is 18.0. The second-order valence-electron chi connectivity index (χ2n) is 5.93. The van der Waals surface area contributed by atoms with Gasteiger partial charge in [0.05, 0.1) is 12.2 Å². The maximum Gasteiger partial charge on any atom is 0.416 e. The van der Waals surface area contributed by atoms with E-state index < -0.39 is 35.1 Å². The number of carbonyl (C=O) groups is 2. The highest BCUT2D eigenvalue weighted by Gasteiger charge is 2.44. The van der Waals surface area contributed by atoms with E-state index in [1.54, 1.807) is 0 Å². The average Bonchev–Trinajstić information content (AvgIpc) is 2.96. The molecule has 2 N–H and O–H groups in total. The fraction of sp³-hybridized carbons (Fsp3) is 0.500. The molecular formula is C16H18F3NO4. The van der Waals surface area contributed by atoms with E-state index in [0.717, 1.165) is 6.07 Å². The van der Waals surface area contributed by atoms with Gasteiger partial charge < -0.3 is 15.2 Å². The number of nitrogens with one attached hydrogen (secondary N) is 1. The van der Waals surface area contributed by atoms with Gasteiger partial charge in [0.15, 0.2) is 5.54 Å². The molecule has 1 aromatic carbocycles. The molecule has 24 heavy (non-hydrogen) atoms. The van der Waals surface area contributed by atoms with E-state index in [9.17, 15) is 27.9 Å². The van der Waals surface area contributed by atoms with Crippen molar-refractivity contribution in [2.75, 3.05) is 13.2 Å². The largest absolute Gasteiger partial charge is 0.479 e. The molecule has 1 saturated heterocycles. The number of carbonyl (C=O) groups excluding carboxylic acids is 1. The fourth-order valence-corrected chi connectivity index (χ4v) is 2.78. The highest BCUT2D eigenvalue weighted by Crippen LogP contribution is 2.36. The van der Waals surface area contributed by atoms with Crippen LogP contribution >= 0.6 is 0 Å². The van der Waals surface area contributed by atoms with Crippen LogP contribution in [0.5, 0.6) is 0 Å². The summed E-state index contributed by atoms with van der Waals surface area (Å²) < 4.78 is 44.2. The highest BCUT2D eigenvalue weighted by molar-refractivity contribution is 5.87. The number of alkyl halides is 3. The molecule has 0 saturated carbocycles. The number of aliphatic carboxylic acids is 1. The summed E-state index contributed by atoms with van der Waals surface area (Å²) >= 11 is 0. The van der Waals surface area contributed by atoms with Crippen molar-refractivity contribution < 1.29 is 32.6 Å². The fourth-order valence-electron chi connectivity index (χ4n) is 2.78. The first kappa shape index (κ1) is 18.3. The van der Waals surface area contributed by atoms with Crippen LogP contribution in [0.4, 0.5) is 13.2 Å². The van der Waals surface area contributed by atoms with E-state index in [-0.39, 0.29) is 31.6 Å². The van der Waals surface area contributed by atoms with E-state index >= 15 is 0 Å². The zero-order valence-corrected chi connectivity index (χ0v) is 13.0. The third-order valence-corrected chi connectivity index (χ3v) is 4.10. The van der Waals surface area contributed by atoms with Crippen LogP contribution in [0.3, 0.4) is 0 Å². The Bertz CT molecular complexity index is 624. The minimum atomic E-state index is -4.51. The van der Waals surface area contributed by atoms with Crippen molar-refractivity contribution in [2.45, 2.75) is 37.4 Å². The Morgan fingerprint density at radius 2 is 2.04 bits per heavy atom. The molecule has 0 aliphatic carbocycles. The molecule has 2 unspecified atom stereocenters. The summed E-state index contributed by atoms with van der Waals surface area (Å²) in [6.07, 6.45) is -4.63. The second-order valence-corrected chi connectivity index (χ2v) is 5.93. The first-order chi connectivity index (χ1) is 11.2. The summed E-state index contributed by atoms with van der Waals surface area (Å²) in [6.45, 7) is 1.56. The van der Waals surface area contributed by atoms with Gasteiger partial charge >= 0.3 is 12.1 Å². The minimum Gasteiger partial charge on any atom is -0.479 e. The molecule has 1 aromatic rings. The number of amides is 1. The molecule has 1 aliphatic heterocycles. The number of hydrogen-bond donors (Lipinski definition) is 2. The number of carboxylic acids is 1. The Kier molecular flexibility index (Phi) is 5.17. The molecule has 0 spiro atoms. The van der Waals surface area contributed by atoms with Gasteiger partial charge in [-0.15, -0.1) is 0 Å². The summed E-state index contributed by atoms with van der Waals surface area (Å²) in [4.78, 5) is 23.5. The molecule has 5 nitrogen and oxygen atoms in total. The van der Waals surface area contributed by atoms with Gasteiger partial charge in [-0.2, -0.15) is 13.2 Å². The van der Waals surface area contributed by atoms with E-state index in [1.165, 1.54) is 25.1 Å². The van der Waals surface area contributed by atoms with Crippen LogP contribution in [0.1, 0.15) is 36.8 Å². The second kappa shape index (κ2) is 6.80. The SMILES string of the molecule is CC(CC(=O)NC1(C(=O)O)CCOC1)c1ccccc1C(F)(F)F. The van der Waals surface area contributed by atoms with Gasteiger partial charge in [0.1, 0.15) is 0 Å². The smallest absolute Gasteiger partial charge is 0.416 e. The maximum absolute atomic E-state index is 13.0. The van der Waals surface area contributed by atoms with Crippen LogP contribution < -0.4 is 5.32 Å². The van der Waals surface area contributed by atoms with E-state index in [4.69, 9.17) is 4.74 Å². The van der Waals surface area contributed by atoms with Crippen LogP contribution in [0.25, 0.3) is 0 Å². The van der Waals surface area contributed by atoms with Crippen LogP contribution in [-0.4, -0.2) is 35.7 Å². The molecule has 1 fully saturated rings. The Morgan fingerprint density at radius 1 is 1.38 bits per heavy atom. The minimum absolute atomic E-state index is 0.00666. The number of halogens is 3. The summed E-state index contributed by atoms with van der Waals surface area (Å²) in [7, 11) is 0. The molecule has 2 atom stereocenters. The van der Waals surface area contributed by atoms with Crippen LogP contribution in [-0.2, 0) is 20.5 Å². The van der Waals surface area contributed by atoms with E-state index in [1.807, 2.05) is 0 Å². The predicted molar refractivity (Wildman–Crippen MR) is 78.4 cm³/mol. The van der Waals surface area contributed by atoms with Gasteiger partial charge in [-0.05, 0) is 17.5 Å². The standard InChI is InChI=1S/C16H18F3NO4/c1-10(11-4-2-3-5-12(11)16(17,18)19)8-13(21)20-15(14(22)23)6-7-24-9-15/h2-5,10H,6-9H2,1H3,(H,20,21)(H,22,23). The number of carboxylic acid groups (broad SMARTS) is 1. The van der Waals surface area contributed by atoms with E-state index in [2.05, 4.69) is 5.32 Å². The quantitative estimate of drug-likeness (QED) is 0.860. The number of ether oxygens (including phenoxy) is 1. The summed E-state index contributed by atoms with van der Waals surface area (Å²) in [6, 6.07) is 5.05. The Balaban J connectivity index is 2.11. The normalized spacial score (nSPS) is 22.2. The van der Waals surface area contributed by atoms with Crippen molar-refractivity contribution in [1.82, 2.24) is 5.32 Å². The molecular weight excluding hydrogens is 327 g/mol. The maximum atomic E-state index is 13.0. The third-order valence-electron chi connectivity index (χ3n) is 4.10. The molecule has 1 heterocycles. The lowest BCUT2D eigenvalue weighted by Gasteiger charge is -2.25. The molecule has 1 amide bonds. The van der Waals surface area contributed by atoms with Crippen molar-refractivity contribution in [2.24, 2.45) is 0 Å². The zero-order valence-electron chi connectivity index (χ0n) is 13.0. The van der Waals surface area contributed by atoms with Crippen molar-refractivity contribution in [3.8, 4) is 0 Å². The van der Waals surface area contributed by atoms with Gasteiger partial charge in [-0.25, -0.2) is 4.79 Å². The predicted octanol–water partition coefficient (Wildman–Crippen LogP) is 2.56. The van der Waals surface area contributed by atoms with Gasteiger partial charge in [-0.3, -0.25) is 4.79 Å². The van der Waals surface area contributed by atoms with Gasteiger partial charge in [-0.1, -0.05) is 25.1 Å². The molecule has 0 aromatic heterocycles. The van der Waals surface area contributed by atoms with Gasteiger partial charge in [0.2, 0.25) is 5.91 Å². The molecule has 1 aliphatic rings. The highest BCUT2D eigenvalue weighted by atomic mass is 19.4. The molecule has 2 rings (SSSR count). The van der Waals surface area contributed by atoms with Crippen molar-refractivity contribution in [1.29, 1.82) is 0 Å². The lowest BCUT2D eigenvalue weighted by Crippen LogP contribution is -2.55. The summed E-state index contributed by atoms with van der Waals surface area (Å²) in [5, 5.41) is 11.7. The lowest BCUT2D eigenvalue weighted by atomic mass is 9.91. The van der Waals surface area contributed by atoms with E-state index in [0.29, 0.717) is 0 Å². The molecule has 0 radical (unpaired) electrons. The number of rotatable bonds is 5. The number of benzene rings is 1. The van der Waals surface area contributed by atoms with Crippen LogP contribution in [0.2, 0.25) is 0 Å². The van der Waals surface area contributed by atoms with Crippen LogP contribution in [0.15, 0.2) is 24.3 Å². The van der Waals surface area contributed by atoms with Crippen LogP contribution in [0, 0.1) is 0 Å². The molecule has 0 bridgehead atoms. The number of hydrogen-bond acceptors (Lipinski definition) is 3. The Morgan fingerprint density at radius 3 is 2.58 bits per heavy atom. The molecule has 132 valence electrons. The van der Waals surface area contributed by atoms with Crippen molar-refractivity contribution in [3.63, 3.8) is 0 Å². The topological polar surface area (TPSA) is 75.6 Å². The van der Waals surface area contributed by atoms with Crippen molar-refractivity contribution in [3.05, 3.63) is 35.4 Å². The summed E-state index contributed by atoms with van der Waals surface area (Å²) in [5.74, 6) is -2.54. The van der Waals surface area contributed by atoms with Gasteiger partial charge in [0.25, 0.3) is 0 Å². The Hall–Kier alpha value is -2.09. The first-order valence-electron chi connectivity index (χ1n) is 7.44. The first-order valence-corrected chi connectivity index (χ1v) is 7.44. The summed E-state index contributed by atoms with van der Waals surface area (Å²) in [5.41, 5.74) is -2.28. The average molecular weight is 345 g/mol.